The van der Waals surface area contributed by atoms with Gasteiger partial charge in [-0.05, 0) is 37.0 Å². The Morgan fingerprint density at radius 2 is 0.426 bits per heavy atom. The van der Waals surface area contributed by atoms with Crippen molar-refractivity contribution in [3.63, 3.8) is 0 Å². The van der Waals surface area contributed by atoms with Crippen LogP contribution in [0.5, 0.6) is 0 Å². The first-order valence-electron chi connectivity index (χ1n) is 30.6. The van der Waals surface area contributed by atoms with Gasteiger partial charge < -0.3 is 14.2 Å². The minimum Gasteiger partial charge on any atom is -0.462 e. The molecule has 0 radical (unpaired) electrons. The van der Waals surface area contributed by atoms with Crippen LogP contribution >= 0.6 is 0 Å². The first-order chi connectivity index (χ1) is 33.1. The summed E-state index contributed by atoms with van der Waals surface area (Å²) in [6.07, 6.45) is 56.7. The molecule has 0 aliphatic rings. The summed E-state index contributed by atoms with van der Waals surface area (Å²) >= 11 is 0. The average molecular weight is 962 g/mol. The Kier molecular flexibility index (Phi) is 52.0. The molecule has 0 bridgehead atoms. The van der Waals surface area contributed by atoms with Gasteiger partial charge in [0.2, 0.25) is 0 Å². The third kappa shape index (κ3) is 55.3. The third-order valence-corrected chi connectivity index (χ3v) is 14.1. The minimum atomic E-state index is -0.764. The van der Waals surface area contributed by atoms with Crippen molar-refractivity contribution in [2.24, 2.45) is 17.8 Å². The zero-order chi connectivity index (χ0) is 49.8. The summed E-state index contributed by atoms with van der Waals surface area (Å²) < 4.78 is 16.9. The van der Waals surface area contributed by atoms with E-state index in [1.807, 2.05) is 0 Å². The normalized spacial score (nSPS) is 12.1. The van der Waals surface area contributed by atoms with E-state index in [-0.39, 0.29) is 31.1 Å². The van der Waals surface area contributed by atoms with Gasteiger partial charge in [-0.2, -0.15) is 0 Å². The van der Waals surface area contributed by atoms with Crippen molar-refractivity contribution in [1.82, 2.24) is 0 Å². The Balaban J connectivity index is 4.26. The van der Waals surface area contributed by atoms with Gasteiger partial charge in [0.1, 0.15) is 13.2 Å². The van der Waals surface area contributed by atoms with Crippen molar-refractivity contribution in [3.8, 4) is 0 Å². The average Bonchev–Trinajstić information content (AvgIpc) is 3.30. The Bertz CT molecular complexity index is 1050. The topological polar surface area (TPSA) is 78.9 Å². The van der Waals surface area contributed by atoms with Crippen LogP contribution in [0, 0.1) is 17.8 Å². The van der Waals surface area contributed by atoms with E-state index in [2.05, 4.69) is 41.5 Å². The second kappa shape index (κ2) is 53.2. The zero-order valence-electron chi connectivity index (χ0n) is 46.9. The number of esters is 3. The van der Waals surface area contributed by atoms with Crippen molar-refractivity contribution in [1.29, 1.82) is 0 Å². The lowest BCUT2D eigenvalue weighted by molar-refractivity contribution is -0.167. The van der Waals surface area contributed by atoms with Gasteiger partial charge in [-0.1, -0.05) is 305 Å². The number of hydrogen-bond donors (Lipinski definition) is 0. The highest BCUT2D eigenvalue weighted by Gasteiger charge is 2.19. The standard InChI is InChI=1S/C62H120O6/c1-56(2)48-42-36-30-24-18-13-11-9-7-8-10-12-14-21-27-33-39-45-51-60(63)66-54-59(55-67-61(64)52-46-40-34-28-23-17-20-26-32-38-44-50-58(5)6)68-62(65)53-47-41-35-29-22-16-15-19-25-31-37-43-49-57(3)4/h56-59H,7-55H2,1-6H3/t59-/m0/s1. The molecule has 0 amide bonds. The quantitative estimate of drug-likeness (QED) is 0.0343. The van der Waals surface area contributed by atoms with E-state index < -0.39 is 6.10 Å². The van der Waals surface area contributed by atoms with Crippen LogP contribution in [0.3, 0.4) is 0 Å². The third-order valence-electron chi connectivity index (χ3n) is 14.1. The fraction of sp³-hybridized carbons (Fsp3) is 0.952. The number of carbonyl (C=O) groups is 3. The summed E-state index contributed by atoms with van der Waals surface area (Å²) in [6.45, 7) is 13.8. The molecule has 0 spiro atoms. The Labute approximate surface area is 425 Å². The highest BCUT2D eigenvalue weighted by molar-refractivity contribution is 5.71. The summed E-state index contributed by atoms with van der Waals surface area (Å²) in [4.78, 5) is 38.2. The number of carbonyl (C=O) groups excluding carboxylic acids is 3. The maximum Gasteiger partial charge on any atom is 0.306 e. The molecule has 0 heterocycles. The highest BCUT2D eigenvalue weighted by Crippen LogP contribution is 2.19. The van der Waals surface area contributed by atoms with Crippen molar-refractivity contribution < 1.29 is 28.6 Å². The van der Waals surface area contributed by atoms with Crippen LogP contribution in [-0.2, 0) is 28.6 Å². The lowest BCUT2D eigenvalue weighted by Gasteiger charge is -2.18. The molecule has 0 N–H and O–H groups in total. The largest absolute Gasteiger partial charge is 0.462 e. The minimum absolute atomic E-state index is 0.0631. The SMILES string of the molecule is CC(C)CCCCCCCCCCCCCCCCCCCCC(=O)OC[C@@H](COC(=O)CCCCCCCCCCCCCC(C)C)OC(=O)CCCCCCCCCCCCCCC(C)C. The molecule has 6 heteroatoms. The first-order valence-corrected chi connectivity index (χ1v) is 30.6. The molecule has 0 rings (SSSR count). The monoisotopic (exact) mass is 961 g/mol. The molecule has 0 aromatic heterocycles. The molecule has 0 saturated carbocycles. The number of rotatable bonds is 55. The molecular formula is C62H120O6. The van der Waals surface area contributed by atoms with E-state index in [4.69, 9.17) is 14.2 Å². The summed E-state index contributed by atoms with van der Waals surface area (Å²) in [5, 5.41) is 0. The fourth-order valence-corrected chi connectivity index (χ4v) is 9.53. The van der Waals surface area contributed by atoms with Crippen molar-refractivity contribution in [2.75, 3.05) is 13.2 Å². The van der Waals surface area contributed by atoms with Crippen LogP contribution in [-0.4, -0.2) is 37.2 Å². The molecule has 68 heavy (non-hydrogen) atoms. The summed E-state index contributed by atoms with van der Waals surface area (Å²) in [5.74, 6) is 1.68. The van der Waals surface area contributed by atoms with E-state index in [0.29, 0.717) is 19.3 Å². The Morgan fingerprint density at radius 1 is 0.250 bits per heavy atom. The number of ether oxygens (including phenoxy) is 3. The molecule has 0 saturated heterocycles. The van der Waals surface area contributed by atoms with Crippen molar-refractivity contribution in [2.45, 2.75) is 349 Å². The maximum atomic E-state index is 12.9. The van der Waals surface area contributed by atoms with Gasteiger partial charge in [-0.25, -0.2) is 0 Å². The van der Waals surface area contributed by atoms with Crippen LogP contribution in [0.15, 0.2) is 0 Å². The van der Waals surface area contributed by atoms with Gasteiger partial charge in [0.25, 0.3) is 0 Å². The van der Waals surface area contributed by atoms with E-state index in [9.17, 15) is 14.4 Å². The van der Waals surface area contributed by atoms with Gasteiger partial charge in [0.05, 0.1) is 0 Å². The summed E-state index contributed by atoms with van der Waals surface area (Å²) in [5.41, 5.74) is 0. The zero-order valence-corrected chi connectivity index (χ0v) is 46.9. The maximum absolute atomic E-state index is 12.9. The van der Waals surface area contributed by atoms with Crippen LogP contribution in [0.2, 0.25) is 0 Å². The van der Waals surface area contributed by atoms with Crippen LogP contribution in [0.1, 0.15) is 343 Å². The van der Waals surface area contributed by atoms with E-state index in [1.54, 1.807) is 0 Å². The summed E-state index contributed by atoms with van der Waals surface area (Å²) in [6, 6.07) is 0. The van der Waals surface area contributed by atoms with E-state index in [0.717, 1.165) is 75.5 Å². The second-order valence-corrected chi connectivity index (χ2v) is 22.8. The van der Waals surface area contributed by atoms with Gasteiger partial charge in [-0.3, -0.25) is 14.4 Å². The van der Waals surface area contributed by atoms with Crippen molar-refractivity contribution in [3.05, 3.63) is 0 Å². The van der Waals surface area contributed by atoms with Gasteiger partial charge >= 0.3 is 17.9 Å². The predicted octanol–water partition coefficient (Wildman–Crippen LogP) is 20.3. The van der Waals surface area contributed by atoms with E-state index in [1.165, 1.54) is 225 Å². The highest BCUT2D eigenvalue weighted by atomic mass is 16.6. The van der Waals surface area contributed by atoms with Crippen molar-refractivity contribution >= 4 is 17.9 Å². The molecule has 0 aromatic rings. The van der Waals surface area contributed by atoms with Gasteiger partial charge in [-0.15, -0.1) is 0 Å². The Morgan fingerprint density at radius 3 is 0.632 bits per heavy atom. The first kappa shape index (κ1) is 66.4. The summed E-state index contributed by atoms with van der Waals surface area (Å²) in [7, 11) is 0. The number of hydrogen-bond acceptors (Lipinski definition) is 6. The molecule has 1 atom stereocenters. The van der Waals surface area contributed by atoms with Crippen LogP contribution < -0.4 is 0 Å². The lowest BCUT2D eigenvalue weighted by Crippen LogP contribution is -2.30. The van der Waals surface area contributed by atoms with Crippen LogP contribution in [0.25, 0.3) is 0 Å². The Hall–Kier alpha value is -1.59. The van der Waals surface area contributed by atoms with Gasteiger partial charge in [0.15, 0.2) is 6.10 Å². The molecule has 0 fully saturated rings. The van der Waals surface area contributed by atoms with E-state index >= 15 is 0 Å². The lowest BCUT2D eigenvalue weighted by atomic mass is 10.0. The number of unbranched alkanes of at least 4 members (excludes halogenated alkanes) is 38. The molecule has 0 unspecified atom stereocenters. The molecular weight excluding hydrogens is 841 g/mol. The van der Waals surface area contributed by atoms with Crippen LogP contribution in [0.4, 0.5) is 0 Å². The molecule has 0 aliphatic carbocycles. The molecule has 0 aliphatic heterocycles. The smallest absolute Gasteiger partial charge is 0.306 e. The molecule has 404 valence electrons. The molecule has 6 nitrogen and oxygen atoms in total. The molecule has 0 aromatic carbocycles. The predicted molar refractivity (Wildman–Crippen MR) is 293 cm³/mol. The second-order valence-electron chi connectivity index (χ2n) is 22.8. The van der Waals surface area contributed by atoms with Gasteiger partial charge in [0, 0.05) is 19.3 Å². The fourth-order valence-electron chi connectivity index (χ4n) is 9.53.